The largest absolute Gasteiger partial charge is 0.466 e. The first-order valence-electron chi connectivity index (χ1n) is 8.30. The number of aliphatic hydroxyl groups is 2. The second-order valence-corrected chi connectivity index (χ2v) is 5.85. The first-order chi connectivity index (χ1) is 10.5. The van der Waals surface area contributed by atoms with E-state index in [1.807, 2.05) is 0 Å². The van der Waals surface area contributed by atoms with Crippen LogP contribution >= 0.6 is 0 Å². The molecular formula is C16H28O6. The fraction of sp³-hybridized carbons (Fsp3) is 0.875. The van der Waals surface area contributed by atoms with Crippen molar-refractivity contribution in [3.63, 3.8) is 0 Å². The number of ether oxygens (including phenoxy) is 2. The third-order valence-corrected chi connectivity index (χ3v) is 3.77. The minimum atomic E-state index is -2.38. The lowest BCUT2D eigenvalue weighted by molar-refractivity contribution is -0.212. The molecule has 0 bridgehead atoms. The molecule has 0 unspecified atom stereocenters. The molecule has 0 radical (unpaired) electrons. The van der Waals surface area contributed by atoms with E-state index >= 15 is 0 Å². The lowest BCUT2D eigenvalue weighted by Crippen LogP contribution is -2.40. The van der Waals surface area contributed by atoms with Crippen molar-refractivity contribution in [1.82, 2.24) is 0 Å². The molecule has 1 rings (SSSR count). The third kappa shape index (κ3) is 8.34. The van der Waals surface area contributed by atoms with Crippen molar-refractivity contribution in [1.29, 1.82) is 0 Å². The van der Waals surface area contributed by atoms with Gasteiger partial charge >= 0.3 is 11.9 Å². The third-order valence-electron chi connectivity index (χ3n) is 3.77. The maximum Gasteiger partial charge on any atom is 0.366 e. The Labute approximate surface area is 131 Å². The van der Waals surface area contributed by atoms with E-state index < -0.39 is 11.8 Å². The van der Waals surface area contributed by atoms with Gasteiger partial charge in [0.15, 0.2) is 0 Å². The Balaban J connectivity index is 2.37. The predicted molar refractivity (Wildman–Crippen MR) is 79.9 cm³/mol. The van der Waals surface area contributed by atoms with Crippen molar-refractivity contribution in [2.24, 2.45) is 0 Å². The fourth-order valence-corrected chi connectivity index (χ4v) is 2.37. The molecule has 0 spiro atoms. The van der Waals surface area contributed by atoms with Gasteiger partial charge in [0.2, 0.25) is 0 Å². The van der Waals surface area contributed by atoms with Gasteiger partial charge in [-0.15, -0.1) is 0 Å². The summed E-state index contributed by atoms with van der Waals surface area (Å²) in [5.74, 6) is -3.47. The number of rotatable bonds is 0. The van der Waals surface area contributed by atoms with Crippen LogP contribution in [0.25, 0.3) is 0 Å². The number of cyclic esters (lactones) is 2. The number of hydrogen-bond donors (Lipinski definition) is 2. The van der Waals surface area contributed by atoms with E-state index in [-0.39, 0.29) is 19.0 Å². The molecule has 128 valence electrons. The molecule has 1 saturated heterocycles. The van der Waals surface area contributed by atoms with Crippen LogP contribution in [0.1, 0.15) is 70.6 Å². The van der Waals surface area contributed by atoms with Gasteiger partial charge in [0.05, 0.1) is 13.2 Å². The normalized spacial score (nSPS) is 23.7. The quantitative estimate of drug-likeness (QED) is 0.525. The van der Waals surface area contributed by atoms with E-state index in [0.29, 0.717) is 25.9 Å². The summed E-state index contributed by atoms with van der Waals surface area (Å²) in [6.45, 7) is 0.622. The van der Waals surface area contributed by atoms with Crippen LogP contribution in [0.15, 0.2) is 0 Å². The Morgan fingerprint density at radius 2 is 1.27 bits per heavy atom. The van der Waals surface area contributed by atoms with Crippen LogP contribution in [-0.2, 0) is 19.1 Å². The van der Waals surface area contributed by atoms with Crippen molar-refractivity contribution in [3.05, 3.63) is 0 Å². The fourth-order valence-electron chi connectivity index (χ4n) is 2.37. The van der Waals surface area contributed by atoms with E-state index in [4.69, 9.17) is 9.47 Å². The summed E-state index contributed by atoms with van der Waals surface area (Å²) in [6, 6.07) is 0. The van der Waals surface area contributed by atoms with Gasteiger partial charge in [0.25, 0.3) is 5.79 Å². The molecule has 0 atom stereocenters. The molecule has 0 saturated carbocycles. The lowest BCUT2D eigenvalue weighted by atomic mass is 10.0. The average Bonchev–Trinajstić information content (AvgIpc) is 2.47. The second-order valence-electron chi connectivity index (χ2n) is 5.85. The molecule has 1 aliphatic rings. The summed E-state index contributed by atoms with van der Waals surface area (Å²) < 4.78 is 10.0. The van der Waals surface area contributed by atoms with E-state index in [9.17, 15) is 19.8 Å². The van der Waals surface area contributed by atoms with Gasteiger partial charge < -0.3 is 19.7 Å². The van der Waals surface area contributed by atoms with Crippen LogP contribution < -0.4 is 0 Å². The highest BCUT2D eigenvalue weighted by atomic mass is 16.6. The second kappa shape index (κ2) is 10.6. The topological polar surface area (TPSA) is 93.1 Å². The highest BCUT2D eigenvalue weighted by Gasteiger charge is 2.34. The number of hydrogen-bond acceptors (Lipinski definition) is 6. The smallest absolute Gasteiger partial charge is 0.366 e. The number of carbonyl (C=O) groups is 2. The first-order valence-corrected chi connectivity index (χ1v) is 8.30. The van der Waals surface area contributed by atoms with Crippen LogP contribution in [0.2, 0.25) is 0 Å². The molecule has 0 aromatic heterocycles. The minimum Gasteiger partial charge on any atom is -0.466 e. The first kappa shape index (κ1) is 18.9. The van der Waals surface area contributed by atoms with Crippen LogP contribution in [0.3, 0.4) is 0 Å². The number of esters is 2. The van der Waals surface area contributed by atoms with E-state index in [1.165, 1.54) is 0 Å². The SMILES string of the molecule is O=C1CCCCCCCC(O)(O)C(=O)OCCCCCCO1. The standard InChI is InChI=1S/C16H28O6/c17-14-10-6-2-1-3-7-11-16(19,20)15(18)22-13-9-5-4-8-12-21-14/h19-20H,1-13H2. The van der Waals surface area contributed by atoms with Crippen LogP contribution in [0, 0.1) is 0 Å². The summed E-state index contributed by atoms with van der Waals surface area (Å²) in [4.78, 5) is 23.0. The minimum absolute atomic E-state index is 0.0200. The molecular weight excluding hydrogens is 288 g/mol. The predicted octanol–water partition coefficient (Wildman–Crippen LogP) is 2.06. The van der Waals surface area contributed by atoms with E-state index in [1.54, 1.807) is 0 Å². The zero-order chi connectivity index (χ0) is 16.3. The van der Waals surface area contributed by atoms with Gasteiger partial charge in [0.1, 0.15) is 0 Å². The maximum atomic E-state index is 11.6. The monoisotopic (exact) mass is 316 g/mol. The molecule has 0 aromatic rings. The Kier molecular flexibility index (Phi) is 9.08. The highest BCUT2D eigenvalue weighted by molar-refractivity contribution is 5.77. The van der Waals surface area contributed by atoms with Crippen molar-refractivity contribution in [2.45, 2.75) is 76.4 Å². The highest BCUT2D eigenvalue weighted by Crippen LogP contribution is 2.16. The molecule has 6 nitrogen and oxygen atoms in total. The molecule has 2 N–H and O–H groups in total. The van der Waals surface area contributed by atoms with Gasteiger partial charge in [0, 0.05) is 12.8 Å². The summed E-state index contributed by atoms with van der Waals surface area (Å²) >= 11 is 0. The van der Waals surface area contributed by atoms with Crippen LogP contribution in [0.5, 0.6) is 0 Å². The zero-order valence-electron chi connectivity index (χ0n) is 13.2. The average molecular weight is 316 g/mol. The van der Waals surface area contributed by atoms with Crippen molar-refractivity contribution < 1.29 is 29.3 Å². The van der Waals surface area contributed by atoms with E-state index in [0.717, 1.165) is 44.9 Å². The molecule has 22 heavy (non-hydrogen) atoms. The lowest BCUT2D eigenvalue weighted by Gasteiger charge is -2.19. The molecule has 1 aliphatic heterocycles. The maximum absolute atomic E-state index is 11.6. The Hall–Kier alpha value is -1.14. The van der Waals surface area contributed by atoms with Crippen molar-refractivity contribution in [2.75, 3.05) is 13.2 Å². The summed E-state index contributed by atoms with van der Waals surface area (Å²) in [6.07, 6.45) is 7.48. The molecule has 0 aromatic carbocycles. The summed E-state index contributed by atoms with van der Waals surface area (Å²) in [7, 11) is 0. The van der Waals surface area contributed by atoms with Crippen molar-refractivity contribution in [3.8, 4) is 0 Å². The van der Waals surface area contributed by atoms with Crippen molar-refractivity contribution >= 4 is 11.9 Å². The number of carbonyl (C=O) groups excluding carboxylic acids is 2. The Bertz CT molecular complexity index is 340. The van der Waals surface area contributed by atoms with Crippen LogP contribution in [0.4, 0.5) is 0 Å². The van der Waals surface area contributed by atoms with Gasteiger partial charge in [-0.1, -0.05) is 19.3 Å². The van der Waals surface area contributed by atoms with Gasteiger partial charge in [-0.25, -0.2) is 4.79 Å². The van der Waals surface area contributed by atoms with E-state index in [2.05, 4.69) is 0 Å². The van der Waals surface area contributed by atoms with Gasteiger partial charge in [-0.3, -0.25) is 4.79 Å². The molecule has 1 heterocycles. The zero-order valence-corrected chi connectivity index (χ0v) is 13.2. The Morgan fingerprint density at radius 1 is 0.727 bits per heavy atom. The van der Waals surface area contributed by atoms with Crippen LogP contribution in [-0.4, -0.2) is 41.2 Å². The van der Waals surface area contributed by atoms with Gasteiger partial charge in [-0.2, -0.15) is 0 Å². The molecule has 0 aliphatic carbocycles. The molecule has 1 fully saturated rings. The summed E-state index contributed by atoms with van der Waals surface area (Å²) in [5.41, 5.74) is 0. The summed E-state index contributed by atoms with van der Waals surface area (Å²) in [5, 5.41) is 19.4. The molecule has 0 amide bonds. The van der Waals surface area contributed by atoms with Gasteiger partial charge in [-0.05, 0) is 38.5 Å². The Morgan fingerprint density at radius 3 is 2.00 bits per heavy atom. The molecule has 6 heteroatoms.